The van der Waals surface area contributed by atoms with Gasteiger partial charge in [-0.1, -0.05) is 59.7 Å². The fourth-order valence-corrected chi connectivity index (χ4v) is 2.12. The summed E-state index contributed by atoms with van der Waals surface area (Å²) in [5, 5.41) is 11.2. The Morgan fingerprint density at radius 1 is 0.850 bits per heavy atom. The Balaban J connectivity index is 2.62. The first kappa shape index (κ1) is 14.0. The van der Waals surface area contributed by atoms with Crippen molar-refractivity contribution in [3.63, 3.8) is 0 Å². The molecule has 0 heterocycles. The van der Waals surface area contributed by atoms with Gasteiger partial charge in [0.15, 0.2) is 0 Å². The van der Waals surface area contributed by atoms with E-state index >= 15 is 0 Å². The van der Waals surface area contributed by atoms with Crippen LogP contribution in [0.4, 0.5) is 0 Å². The molecule has 0 saturated heterocycles. The van der Waals surface area contributed by atoms with Crippen LogP contribution in [0.1, 0.15) is 29.2 Å². The summed E-state index contributed by atoms with van der Waals surface area (Å²) in [4.78, 5) is 10.8. The van der Waals surface area contributed by atoms with Gasteiger partial charge < -0.3 is 0 Å². The van der Waals surface area contributed by atoms with E-state index in [-0.39, 0.29) is 10.6 Å². The molecule has 2 rings (SSSR count). The minimum absolute atomic E-state index is 0.165. The molecule has 3 nitrogen and oxygen atoms in total. The van der Waals surface area contributed by atoms with E-state index < -0.39 is 0 Å². The molecule has 0 aromatic heterocycles. The Hall–Kier alpha value is -2.42. The summed E-state index contributed by atoms with van der Waals surface area (Å²) in [6.07, 6.45) is 0. The molecule has 3 heteroatoms. The highest BCUT2D eigenvalue weighted by atomic mass is 16.6. The molecular formula is C17H17NO2. The van der Waals surface area contributed by atoms with E-state index in [0.717, 1.165) is 22.3 Å². The van der Waals surface area contributed by atoms with Crippen LogP contribution in [0.2, 0.25) is 0 Å². The van der Waals surface area contributed by atoms with Gasteiger partial charge in [0.1, 0.15) is 0 Å². The van der Waals surface area contributed by atoms with Crippen molar-refractivity contribution in [2.24, 2.45) is 0 Å². The largest absolute Gasteiger partial charge is 0.259 e. The highest BCUT2D eigenvalue weighted by Gasteiger charge is 2.16. The predicted octanol–water partition coefficient (Wildman–Crippen LogP) is 4.36. The Bertz CT molecular complexity index is 605. The van der Waals surface area contributed by atoms with E-state index in [0.29, 0.717) is 5.57 Å². The maximum atomic E-state index is 11.2. The fourth-order valence-electron chi connectivity index (χ4n) is 2.12. The average Bonchev–Trinajstić information content (AvgIpc) is 2.43. The standard InChI is InChI=1S/C17H17NO2/c1-12-4-8-15(9-5-12)17(14(3)18(19)20)16-10-6-13(2)7-11-16/h4-11H,1-3H3. The molecule has 0 aliphatic heterocycles. The Morgan fingerprint density at radius 2 is 1.20 bits per heavy atom. The van der Waals surface area contributed by atoms with Crippen molar-refractivity contribution in [2.75, 3.05) is 0 Å². The molecule has 102 valence electrons. The van der Waals surface area contributed by atoms with Crippen LogP contribution in [-0.4, -0.2) is 4.92 Å². The number of rotatable bonds is 3. The van der Waals surface area contributed by atoms with Crippen molar-refractivity contribution < 1.29 is 4.92 Å². The second kappa shape index (κ2) is 5.70. The molecule has 0 spiro atoms. The minimum Gasteiger partial charge on any atom is -0.259 e. The smallest absolute Gasteiger partial charge is 0.251 e. The molecule has 0 amide bonds. The maximum absolute atomic E-state index is 11.2. The highest BCUT2D eigenvalue weighted by molar-refractivity contribution is 5.81. The summed E-state index contributed by atoms with van der Waals surface area (Å²) in [7, 11) is 0. The number of nitro groups is 1. The lowest BCUT2D eigenvalue weighted by Gasteiger charge is -2.09. The van der Waals surface area contributed by atoms with E-state index in [1.807, 2.05) is 62.4 Å². The van der Waals surface area contributed by atoms with Gasteiger partial charge in [-0.2, -0.15) is 0 Å². The van der Waals surface area contributed by atoms with Gasteiger partial charge >= 0.3 is 0 Å². The van der Waals surface area contributed by atoms with Gasteiger partial charge in [0.05, 0.1) is 10.5 Å². The molecule has 0 atom stereocenters. The molecule has 0 fully saturated rings. The van der Waals surface area contributed by atoms with Gasteiger partial charge in [0.25, 0.3) is 5.70 Å². The number of aryl methyl sites for hydroxylation is 2. The van der Waals surface area contributed by atoms with Crippen LogP contribution in [0, 0.1) is 24.0 Å². The van der Waals surface area contributed by atoms with Gasteiger partial charge in [0, 0.05) is 6.92 Å². The zero-order chi connectivity index (χ0) is 14.7. The SMILES string of the molecule is CC(=C(c1ccc(C)cc1)c1ccc(C)cc1)[N+](=O)[O-]. The summed E-state index contributed by atoms with van der Waals surface area (Å²) in [5.74, 6) is 0. The van der Waals surface area contributed by atoms with Gasteiger partial charge in [-0.05, 0) is 25.0 Å². The van der Waals surface area contributed by atoms with Crippen LogP contribution in [0.3, 0.4) is 0 Å². The third kappa shape index (κ3) is 2.94. The van der Waals surface area contributed by atoms with E-state index in [4.69, 9.17) is 0 Å². The number of benzene rings is 2. The van der Waals surface area contributed by atoms with Crippen LogP contribution in [-0.2, 0) is 0 Å². The van der Waals surface area contributed by atoms with Crippen molar-refractivity contribution in [3.05, 3.63) is 86.6 Å². The average molecular weight is 267 g/mol. The molecule has 0 aliphatic rings. The molecule has 20 heavy (non-hydrogen) atoms. The lowest BCUT2D eigenvalue weighted by molar-refractivity contribution is -0.423. The minimum atomic E-state index is -0.324. The van der Waals surface area contributed by atoms with Crippen molar-refractivity contribution >= 4 is 5.57 Å². The lowest BCUT2D eigenvalue weighted by atomic mass is 9.95. The zero-order valence-electron chi connectivity index (χ0n) is 11.9. The normalized spacial score (nSPS) is 10.2. The Morgan fingerprint density at radius 3 is 1.50 bits per heavy atom. The number of nitrogens with zero attached hydrogens (tertiary/aromatic N) is 1. The van der Waals surface area contributed by atoms with Crippen molar-refractivity contribution in [1.82, 2.24) is 0 Å². The fraction of sp³-hybridized carbons (Fsp3) is 0.176. The van der Waals surface area contributed by atoms with E-state index in [1.165, 1.54) is 0 Å². The summed E-state index contributed by atoms with van der Waals surface area (Å²) in [6, 6.07) is 15.6. The van der Waals surface area contributed by atoms with Crippen molar-refractivity contribution in [3.8, 4) is 0 Å². The molecule has 2 aromatic rings. The summed E-state index contributed by atoms with van der Waals surface area (Å²) in [5.41, 5.74) is 4.85. The molecule has 0 N–H and O–H groups in total. The highest BCUT2D eigenvalue weighted by Crippen LogP contribution is 2.27. The van der Waals surface area contributed by atoms with Crippen LogP contribution in [0.25, 0.3) is 5.57 Å². The molecule has 0 aliphatic carbocycles. The molecule has 0 saturated carbocycles. The third-order valence-corrected chi connectivity index (χ3v) is 3.32. The van der Waals surface area contributed by atoms with E-state index in [1.54, 1.807) is 6.92 Å². The van der Waals surface area contributed by atoms with E-state index in [9.17, 15) is 10.1 Å². The quantitative estimate of drug-likeness (QED) is 0.612. The predicted molar refractivity (Wildman–Crippen MR) is 81.0 cm³/mol. The lowest BCUT2D eigenvalue weighted by Crippen LogP contribution is -2.01. The molecular weight excluding hydrogens is 250 g/mol. The van der Waals surface area contributed by atoms with Crippen molar-refractivity contribution in [2.45, 2.75) is 20.8 Å². The van der Waals surface area contributed by atoms with Crippen LogP contribution in [0.15, 0.2) is 54.2 Å². The number of hydrogen-bond donors (Lipinski definition) is 0. The zero-order valence-corrected chi connectivity index (χ0v) is 11.9. The van der Waals surface area contributed by atoms with Gasteiger partial charge in [-0.3, -0.25) is 10.1 Å². The molecule has 0 radical (unpaired) electrons. The first-order valence-electron chi connectivity index (χ1n) is 6.48. The maximum Gasteiger partial charge on any atom is 0.251 e. The van der Waals surface area contributed by atoms with E-state index in [2.05, 4.69) is 0 Å². The Labute approximate surface area is 118 Å². The van der Waals surface area contributed by atoms with Gasteiger partial charge in [0.2, 0.25) is 0 Å². The summed E-state index contributed by atoms with van der Waals surface area (Å²) in [6.45, 7) is 5.55. The van der Waals surface area contributed by atoms with Crippen LogP contribution >= 0.6 is 0 Å². The second-order valence-corrected chi connectivity index (χ2v) is 4.95. The first-order chi connectivity index (χ1) is 9.49. The second-order valence-electron chi connectivity index (χ2n) is 4.95. The van der Waals surface area contributed by atoms with Crippen LogP contribution < -0.4 is 0 Å². The molecule has 0 unspecified atom stereocenters. The number of allylic oxidation sites excluding steroid dienone is 1. The van der Waals surface area contributed by atoms with Crippen LogP contribution in [0.5, 0.6) is 0 Å². The Kier molecular flexibility index (Phi) is 3.99. The van der Waals surface area contributed by atoms with Gasteiger partial charge in [-0.25, -0.2) is 0 Å². The summed E-state index contributed by atoms with van der Waals surface area (Å²) >= 11 is 0. The third-order valence-electron chi connectivity index (χ3n) is 3.32. The molecule has 2 aromatic carbocycles. The van der Waals surface area contributed by atoms with Gasteiger partial charge in [-0.15, -0.1) is 0 Å². The summed E-state index contributed by atoms with van der Waals surface area (Å²) < 4.78 is 0. The first-order valence-corrected chi connectivity index (χ1v) is 6.48. The monoisotopic (exact) mass is 267 g/mol. The topological polar surface area (TPSA) is 43.1 Å². The molecule has 0 bridgehead atoms. The van der Waals surface area contributed by atoms with Crippen molar-refractivity contribution in [1.29, 1.82) is 0 Å². The number of hydrogen-bond acceptors (Lipinski definition) is 2.